The van der Waals surface area contributed by atoms with Gasteiger partial charge in [-0.25, -0.2) is 0 Å². The molecule has 0 fully saturated rings. The Bertz CT molecular complexity index is 658. The molecule has 0 aliphatic rings. The van der Waals surface area contributed by atoms with E-state index in [2.05, 4.69) is 22.2 Å². The summed E-state index contributed by atoms with van der Waals surface area (Å²) in [5.74, 6) is -0.161. The van der Waals surface area contributed by atoms with Gasteiger partial charge in [0.25, 0.3) is 5.91 Å². The van der Waals surface area contributed by atoms with Crippen molar-refractivity contribution in [3.05, 3.63) is 71.5 Å². The summed E-state index contributed by atoms with van der Waals surface area (Å²) in [6, 6.07) is 9.55. The van der Waals surface area contributed by atoms with E-state index < -0.39 is 0 Å². The number of pyridine rings is 1. The number of amides is 1. The number of anilines is 1. The van der Waals surface area contributed by atoms with Gasteiger partial charge in [-0.3, -0.25) is 9.78 Å². The summed E-state index contributed by atoms with van der Waals surface area (Å²) in [5, 5.41) is 6.72. The van der Waals surface area contributed by atoms with Crippen LogP contribution in [0, 0.1) is 0 Å². The molecule has 1 aromatic carbocycles. The van der Waals surface area contributed by atoms with Gasteiger partial charge < -0.3 is 10.6 Å². The first kappa shape index (κ1) is 16.0. The zero-order valence-electron chi connectivity index (χ0n) is 12.2. The van der Waals surface area contributed by atoms with Gasteiger partial charge in [-0.1, -0.05) is 29.8 Å². The number of carbonyl (C=O) groups excluding carboxylic acids is 1. The van der Waals surface area contributed by atoms with E-state index >= 15 is 0 Å². The lowest BCUT2D eigenvalue weighted by Crippen LogP contribution is -2.23. The maximum atomic E-state index is 11.8. The average Bonchev–Trinajstić information content (AvgIpc) is 2.53. The molecule has 2 rings (SSSR count). The molecule has 1 amide bonds. The van der Waals surface area contributed by atoms with E-state index in [-0.39, 0.29) is 5.91 Å². The Morgan fingerprint density at radius 1 is 1.32 bits per heavy atom. The minimum Gasteiger partial charge on any atom is -0.383 e. The molecular weight excluding hydrogens is 298 g/mol. The van der Waals surface area contributed by atoms with E-state index in [1.807, 2.05) is 24.3 Å². The van der Waals surface area contributed by atoms with Gasteiger partial charge in [-0.05, 0) is 30.2 Å². The summed E-state index contributed by atoms with van der Waals surface area (Å²) in [7, 11) is 0. The van der Waals surface area contributed by atoms with Crippen molar-refractivity contribution in [1.82, 2.24) is 10.3 Å². The lowest BCUT2D eigenvalue weighted by atomic mass is 10.1. The van der Waals surface area contributed by atoms with Crippen LogP contribution in [0.2, 0.25) is 5.02 Å². The fourth-order valence-electron chi connectivity index (χ4n) is 1.97. The molecule has 1 aromatic heterocycles. The summed E-state index contributed by atoms with van der Waals surface area (Å²) in [5.41, 5.74) is 2.50. The lowest BCUT2D eigenvalue weighted by Gasteiger charge is -2.08. The SMILES string of the molecule is C=CCNC(=O)c1cncc(NCCc2cccc(Cl)c2)c1. The second kappa shape index (κ2) is 8.20. The van der Waals surface area contributed by atoms with Gasteiger partial charge in [0.15, 0.2) is 0 Å². The van der Waals surface area contributed by atoms with Gasteiger partial charge >= 0.3 is 0 Å². The van der Waals surface area contributed by atoms with E-state index in [0.717, 1.165) is 29.2 Å². The third kappa shape index (κ3) is 4.90. The summed E-state index contributed by atoms with van der Waals surface area (Å²) in [6.45, 7) is 4.74. The van der Waals surface area contributed by atoms with E-state index in [9.17, 15) is 4.79 Å². The van der Waals surface area contributed by atoms with Crippen molar-refractivity contribution in [2.45, 2.75) is 6.42 Å². The topological polar surface area (TPSA) is 54.0 Å². The number of aromatic nitrogens is 1. The number of hydrogen-bond donors (Lipinski definition) is 2. The monoisotopic (exact) mass is 315 g/mol. The van der Waals surface area contributed by atoms with Crippen LogP contribution >= 0.6 is 11.6 Å². The van der Waals surface area contributed by atoms with Crippen LogP contribution in [0.25, 0.3) is 0 Å². The van der Waals surface area contributed by atoms with E-state index in [1.165, 1.54) is 0 Å². The first-order valence-corrected chi connectivity index (χ1v) is 7.39. The Hall–Kier alpha value is -2.33. The number of nitrogens with one attached hydrogen (secondary N) is 2. The van der Waals surface area contributed by atoms with Gasteiger partial charge in [0, 0.05) is 30.5 Å². The molecule has 4 nitrogen and oxygen atoms in total. The predicted octanol–water partition coefficient (Wildman–Crippen LogP) is 3.31. The smallest absolute Gasteiger partial charge is 0.253 e. The Morgan fingerprint density at radius 3 is 2.95 bits per heavy atom. The van der Waals surface area contributed by atoms with Gasteiger partial charge in [-0.2, -0.15) is 0 Å². The van der Waals surface area contributed by atoms with Crippen molar-refractivity contribution in [3.63, 3.8) is 0 Å². The molecule has 5 heteroatoms. The van der Waals surface area contributed by atoms with Crippen molar-refractivity contribution >= 4 is 23.2 Å². The van der Waals surface area contributed by atoms with Gasteiger partial charge in [0.1, 0.15) is 0 Å². The molecule has 0 aliphatic heterocycles. The third-order valence-electron chi connectivity index (χ3n) is 3.04. The van der Waals surface area contributed by atoms with Crippen LogP contribution in [-0.2, 0) is 6.42 Å². The minimum absolute atomic E-state index is 0.161. The molecule has 0 saturated heterocycles. The molecule has 2 N–H and O–H groups in total. The quantitative estimate of drug-likeness (QED) is 0.771. The van der Waals surface area contributed by atoms with Gasteiger partial charge in [-0.15, -0.1) is 6.58 Å². The second-order valence-electron chi connectivity index (χ2n) is 4.77. The molecule has 0 saturated carbocycles. The largest absolute Gasteiger partial charge is 0.383 e. The van der Waals surface area contributed by atoms with Crippen molar-refractivity contribution < 1.29 is 4.79 Å². The number of benzene rings is 1. The molecule has 1 heterocycles. The Morgan fingerprint density at radius 2 is 2.18 bits per heavy atom. The number of hydrogen-bond acceptors (Lipinski definition) is 3. The van der Waals surface area contributed by atoms with Crippen molar-refractivity contribution in [2.24, 2.45) is 0 Å². The highest BCUT2D eigenvalue weighted by Crippen LogP contribution is 2.12. The fraction of sp³-hybridized carbons (Fsp3) is 0.176. The molecule has 0 bridgehead atoms. The van der Waals surface area contributed by atoms with Crippen molar-refractivity contribution in [2.75, 3.05) is 18.4 Å². The molecule has 0 radical (unpaired) electrons. The minimum atomic E-state index is -0.161. The Labute approximate surface area is 135 Å². The molecule has 0 atom stereocenters. The van der Waals surface area contributed by atoms with E-state index in [4.69, 9.17) is 11.6 Å². The normalized spacial score (nSPS) is 10.0. The molecule has 22 heavy (non-hydrogen) atoms. The highest BCUT2D eigenvalue weighted by atomic mass is 35.5. The first-order valence-electron chi connectivity index (χ1n) is 7.01. The molecule has 114 valence electrons. The Balaban J connectivity index is 1.90. The zero-order chi connectivity index (χ0) is 15.8. The maximum absolute atomic E-state index is 11.8. The number of carbonyl (C=O) groups is 1. The van der Waals surface area contributed by atoms with Crippen LogP contribution in [-0.4, -0.2) is 24.0 Å². The van der Waals surface area contributed by atoms with Crippen LogP contribution in [0.1, 0.15) is 15.9 Å². The van der Waals surface area contributed by atoms with E-state index in [1.54, 1.807) is 24.5 Å². The summed E-state index contributed by atoms with van der Waals surface area (Å²) in [4.78, 5) is 15.9. The molecule has 0 unspecified atom stereocenters. The summed E-state index contributed by atoms with van der Waals surface area (Å²) < 4.78 is 0. The first-order chi connectivity index (χ1) is 10.7. The average molecular weight is 316 g/mol. The molecule has 0 aliphatic carbocycles. The van der Waals surface area contributed by atoms with E-state index in [0.29, 0.717) is 12.1 Å². The van der Waals surface area contributed by atoms with Crippen LogP contribution in [0.3, 0.4) is 0 Å². The number of rotatable bonds is 7. The highest BCUT2D eigenvalue weighted by molar-refractivity contribution is 6.30. The van der Waals surface area contributed by atoms with Gasteiger partial charge in [0.05, 0.1) is 11.3 Å². The standard InChI is InChI=1S/C17H18ClN3O/c1-2-7-21-17(22)14-10-16(12-19-11-14)20-8-6-13-4-3-5-15(18)9-13/h2-5,9-12,20H,1,6-8H2,(H,21,22). The van der Waals surface area contributed by atoms with Crippen molar-refractivity contribution in [1.29, 1.82) is 0 Å². The summed E-state index contributed by atoms with van der Waals surface area (Å²) >= 11 is 5.96. The van der Waals surface area contributed by atoms with Crippen LogP contribution < -0.4 is 10.6 Å². The third-order valence-corrected chi connectivity index (χ3v) is 3.27. The zero-order valence-corrected chi connectivity index (χ0v) is 12.9. The number of halogens is 1. The molecule has 0 spiro atoms. The predicted molar refractivity (Wildman–Crippen MR) is 90.4 cm³/mol. The van der Waals surface area contributed by atoms with Crippen molar-refractivity contribution in [3.8, 4) is 0 Å². The second-order valence-corrected chi connectivity index (χ2v) is 5.20. The Kier molecular flexibility index (Phi) is 5.98. The maximum Gasteiger partial charge on any atom is 0.253 e. The number of nitrogens with zero attached hydrogens (tertiary/aromatic N) is 1. The van der Waals surface area contributed by atoms with Crippen LogP contribution in [0.15, 0.2) is 55.4 Å². The fourth-order valence-corrected chi connectivity index (χ4v) is 2.18. The van der Waals surface area contributed by atoms with Crippen LogP contribution in [0.5, 0.6) is 0 Å². The lowest BCUT2D eigenvalue weighted by molar-refractivity contribution is 0.0957. The van der Waals surface area contributed by atoms with Gasteiger partial charge in [0.2, 0.25) is 0 Å². The molecular formula is C17H18ClN3O. The highest BCUT2D eigenvalue weighted by Gasteiger charge is 2.05. The molecule has 2 aromatic rings. The summed E-state index contributed by atoms with van der Waals surface area (Å²) in [6.07, 6.45) is 5.72. The van der Waals surface area contributed by atoms with Crippen LogP contribution in [0.4, 0.5) is 5.69 Å².